The minimum absolute atomic E-state index is 0.0165. The van der Waals surface area contributed by atoms with Gasteiger partial charge in [-0.15, -0.1) is 0 Å². The molecule has 1 fully saturated rings. The number of ether oxygens (including phenoxy) is 2. The maximum atomic E-state index is 13.2. The predicted octanol–water partition coefficient (Wildman–Crippen LogP) is 2.82. The van der Waals surface area contributed by atoms with Crippen molar-refractivity contribution >= 4 is 5.69 Å². The molecule has 0 amide bonds. The van der Waals surface area contributed by atoms with Crippen molar-refractivity contribution in [1.82, 2.24) is 0 Å². The first kappa shape index (κ1) is 16.6. The van der Waals surface area contributed by atoms with Crippen LogP contribution < -0.4 is 4.90 Å². The van der Waals surface area contributed by atoms with E-state index in [0.29, 0.717) is 13.2 Å². The lowest BCUT2D eigenvalue weighted by atomic mass is 10.1. The summed E-state index contributed by atoms with van der Waals surface area (Å²) in [5, 5.41) is 8.95. The molecule has 4 nitrogen and oxygen atoms in total. The van der Waals surface area contributed by atoms with Crippen molar-refractivity contribution in [2.75, 3.05) is 31.7 Å². The van der Waals surface area contributed by atoms with Crippen LogP contribution in [0.4, 0.5) is 18.9 Å². The molecule has 2 atom stereocenters. The molecule has 1 aromatic rings. The van der Waals surface area contributed by atoms with Gasteiger partial charge in [0.25, 0.3) is 0 Å². The number of methoxy groups -OCH3 is 1. The van der Waals surface area contributed by atoms with Crippen molar-refractivity contribution in [2.45, 2.75) is 25.3 Å². The van der Waals surface area contributed by atoms with E-state index in [9.17, 15) is 13.2 Å². The fourth-order valence-electron chi connectivity index (χ4n) is 2.62. The second-order valence-electron chi connectivity index (χ2n) is 5.27. The fourth-order valence-corrected chi connectivity index (χ4v) is 2.62. The van der Waals surface area contributed by atoms with Crippen LogP contribution in [0, 0.1) is 11.3 Å². The van der Waals surface area contributed by atoms with E-state index in [1.165, 1.54) is 19.2 Å². The molecule has 1 aliphatic heterocycles. The molecule has 1 heterocycles. The van der Waals surface area contributed by atoms with E-state index in [4.69, 9.17) is 14.7 Å². The minimum Gasteiger partial charge on any atom is -0.382 e. The molecular formula is C15H17F3N2O2. The van der Waals surface area contributed by atoms with Gasteiger partial charge in [0, 0.05) is 20.2 Å². The summed E-state index contributed by atoms with van der Waals surface area (Å²) in [4.78, 5) is 1.61. The minimum atomic E-state index is -4.47. The monoisotopic (exact) mass is 314 g/mol. The lowest BCUT2D eigenvalue weighted by Gasteiger charge is -2.39. The Labute approximate surface area is 127 Å². The number of halogens is 3. The van der Waals surface area contributed by atoms with E-state index in [0.717, 1.165) is 6.07 Å². The highest BCUT2D eigenvalue weighted by atomic mass is 19.4. The lowest BCUT2D eigenvalue weighted by molar-refractivity contribution is -0.137. The number of nitrogens with zero attached hydrogens (tertiary/aromatic N) is 2. The quantitative estimate of drug-likeness (QED) is 0.860. The fraction of sp³-hybridized carbons (Fsp3) is 0.533. The largest absolute Gasteiger partial charge is 0.418 e. The summed E-state index contributed by atoms with van der Waals surface area (Å²) in [5.74, 6) is 0. The number of hydrogen-bond acceptors (Lipinski definition) is 4. The Balaban J connectivity index is 2.39. The van der Waals surface area contributed by atoms with Gasteiger partial charge in [-0.25, -0.2) is 0 Å². The molecule has 0 saturated carbocycles. The molecule has 1 aliphatic rings. The third-order valence-electron chi connectivity index (χ3n) is 3.45. The van der Waals surface area contributed by atoms with Crippen molar-refractivity contribution in [2.24, 2.45) is 0 Å². The number of hydrogen-bond donors (Lipinski definition) is 0. The Morgan fingerprint density at radius 1 is 1.41 bits per heavy atom. The van der Waals surface area contributed by atoms with E-state index < -0.39 is 11.7 Å². The molecule has 120 valence electrons. The summed E-state index contributed by atoms with van der Waals surface area (Å²) in [7, 11) is 1.52. The van der Waals surface area contributed by atoms with Gasteiger partial charge in [-0.1, -0.05) is 0 Å². The van der Waals surface area contributed by atoms with E-state index in [1.807, 2.05) is 6.07 Å². The van der Waals surface area contributed by atoms with Crippen LogP contribution in [0.5, 0.6) is 0 Å². The van der Waals surface area contributed by atoms with Crippen LogP contribution in [0.15, 0.2) is 18.2 Å². The van der Waals surface area contributed by atoms with Crippen molar-refractivity contribution in [3.8, 4) is 6.07 Å². The molecule has 0 aromatic heterocycles. The normalized spacial score (nSPS) is 22.5. The Kier molecular flexibility index (Phi) is 4.94. The van der Waals surface area contributed by atoms with Gasteiger partial charge >= 0.3 is 6.18 Å². The molecule has 22 heavy (non-hydrogen) atoms. The standard InChI is InChI=1S/C15H17F3N2O2/c1-10-7-20(8-12(22-10)9-21-2)14-5-11(6-19)3-4-13(14)15(16,17)18/h3-5,10,12H,7-9H2,1-2H3. The molecule has 2 unspecified atom stereocenters. The Morgan fingerprint density at radius 2 is 2.14 bits per heavy atom. The smallest absolute Gasteiger partial charge is 0.382 e. The second-order valence-corrected chi connectivity index (χ2v) is 5.27. The molecule has 1 aromatic carbocycles. The van der Waals surface area contributed by atoms with Crippen LogP contribution in [0.2, 0.25) is 0 Å². The maximum Gasteiger partial charge on any atom is 0.418 e. The SMILES string of the molecule is COCC1CN(c2cc(C#N)ccc2C(F)(F)F)CC(C)O1. The second kappa shape index (κ2) is 6.55. The third-order valence-corrected chi connectivity index (χ3v) is 3.45. The number of benzene rings is 1. The van der Waals surface area contributed by atoms with E-state index in [-0.39, 0.29) is 30.0 Å². The molecule has 7 heteroatoms. The molecule has 0 radical (unpaired) electrons. The summed E-state index contributed by atoms with van der Waals surface area (Å²) in [5.41, 5.74) is -0.523. The van der Waals surface area contributed by atoms with Crippen LogP contribution in [0.1, 0.15) is 18.1 Å². The molecule has 0 bridgehead atoms. The molecule has 0 N–H and O–H groups in total. The third kappa shape index (κ3) is 3.70. The van der Waals surface area contributed by atoms with Crippen molar-refractivity contribution in [1.29, 1.82) is 5.26 Å². The molecule has 2 rings (SSSR count). The van der Waals surface area contributed by atoms with Crippen LogP contribution in [-0.4, -0.2) is 39.0 Å². The van der Waals surface area contributed by atoms with Gasteiger partial charge in [-0.05, 0) is 25.1 Å². The molecule has 0 spiro atoms. The van der Waals surface area contributed by atoms with Gasteiger partial charge in [0.15, 0.2) is 0 Å². The summed E-state index contributed by atoms with van der Waals surface area (Å²) < 4.78 is 50.3. The average molecular weight is 314 g/mol. The maximum absolute atomic E-state index is 13.2. The van der Waals surface area contributed by atoms with Gasteiger partial charge in [-0.3, -0.25) is 0 Å². The molecule has 1 saturated heterocycles. The van der Waals surface area contributed by atoms with Gasteiger partial charge in [0.05, 0.1) is 41.7 Å². The highest BCUT2D eigenvalue weighted by molar-refractivity contribution is 5.59. The van der Waals surface area contributed by atoms with Crippen molar-refractivity contribution in [3.05, 3.63) is 29.3 Å². The molecular weight excluding hydrogens is 297 g/mol. The first-order valence-corrected chi connectivity index (χ1v) is 6.86. The zero-order valence-electron chi connectivity index (χ0n) is 12.4. The lowest BCUT2D eigenvalue weighted by Crippen LogP contribution is -2.48. The van der Waals surface area contributed by atoms with E-state index >= 15 is 0 Å². The van der Waals surface area contributed by atoms with Gasteiger partial charge in [0.1, 0.15) is 0 Å². The topological polar surface area (TPSA) is 45.5 Å². The summed E-state index contributed by atoms with van der Waals surface area (Å²) in [6.07, 6.45) is -5.00. The Hall–Kier alpha value is -1.78. The van der Waals surface area contributed by atoms with E-state index in [1.54, 1.807) is 11.8 Å². The van der Waals surface area contributed by atoms with Gasteiger partial charge < -0.3 is 14.4 Å². The zero-order chi connectivity index (χ0) is 16.3. The Morgan fingerprint density at radius 3 is 2.73 bits per heavy atom. The van der Waals surface area contributed by atoms with Crippen LogP contribution in [-0.2, 0) is 15.7 Å². The van der Waals surface area contributed by atoms with Crippen molar-refractivity contribution < 1.29 is 22.6 Å². The van der Waals surface area contributed by atoms with E-state index in [2.05, 4.69) is 0 Å². The summed E-state index contributed by atoms with van der Waals surface area (Å²) in [6, 6.07) is 5.31. The predicted molar refractivity (Wildman–Crippen MR) is 74.6 cm³/mol. The highest BCUT2D eigenvalue weighted by Crippen LogP contribution is 2.38. The highest BCUT2D eigenvalue weighted by Gasteiger charge is 2.37. The van der Waals surface area contributed by atoms with Crippen LogP contribution in [0.25, 0.3) is 0 Å². The summed E-state index contributed by atoms with van der Waals surface area (Å²) in [6.45, 7) is 2.73. The average Bonchev–Trinajstić information content (AvgIpc) is 2.45. The Bertz CT molecular complexity index is 569. The first-order chi connectivity index (χ1) is 10.3. The van der Waals surface area contributed by atoms with Crippen molar-refractivity contribution in [3.63, 3.8) is 0 Å². The molecule has 0 aliphatic carbocycles. The zero-order valence-corrected chi connectivity index (χ0v) is 12.4. The van der Waals surface area contributed by atoms with Crippen LogP contribution in [0.3, 0.4) is 0 Å². The van der Waals surface area contributed by atoms with Crippen LogP contribution >= 0.6 is 0 Å². The number of rotatable bonds is 3. The van der Waals surface area contributed by atoms with Gasteiger partial charge in [0.2, 0.25) is 0 Å². The number of morpholine rings is 1. The number of anilines is 1. The number of alkyl halides is 3. The van der Waals surface area contributed by atoms with Gasteiger partial charge in [-0.2, -0.15) is 18.4 Å². The number of nitriles is 1. The summed E-state index contributed by atoms with van der Waals surface area (Å²) >= 11 is 0. The first-order valence-electron chi connectivity index (χ1n) is 6.86.